The van der Waals surface area contributed by atoms with E-state index in [1.54, 1.807) is 6.07 Å². The second-order valence-electron chi connectivity index (χ2n) is 2.51. The zero-order valence-corrected chi connectivity index (χ0v) is 11.4. The standard InChI is InChI=1S/C9H8BrIO3/c1-5(12)14-9-7(10)3-6(11)4-8(9)13-2/h3-4H,1-2H3. The van der Waals surface area contributed by atoms with Crippen molar-refractivity contribution >= 4 is 44.5 Å². The van der Waals surface area contributed by atoms with Gasteiger partial charge in [-0.05, 0) is 50.7 Å². The number of hydrogen-bond donors (Lipinski definition) is 0. The van der Waals surface area contributed by atoms with Crippen LogP contribution in [0.4, 0.5) is 0 Å². The van der Waals surface area contributed by atoms with Gasteiger partial charge in [-0.25, -0.2) is 0 Å². The topological polar surface area (TPSA) is 35.5 Å². The molecule has 0 unspecified atom stereocenters. The van der Waals surface area contributed by atoms with E-state index in [4.69, 9.17) is 9.47 Å². The average Bonchev–Trinajstić information content (AvgIpc) is 2.08. The molecule has 0 aliphatic heterocycles. The summed E-state index contributed by atoms with van der Waals surface area (Å²) in [5, 5.41) is 0. The van der Waals surface area contributed by atoms with Crippen LogP contribution in [0.1, 0.15) is 6.92 Å². The summed E-state index contributed by atoms with van der Waals surface area (Å²) in [5.41, 5.74) is 0. The van der Waals surface area contributed by atoms with Gasteiger partial charge in [0, 0.05) is 10.5 Å². The lowest BCUT2D eigenvalue weighted by Crippen LogP contribution is -2.03. The Hall–Kier alpha value is -0.300. The van der Waals surface area contributed by atoms with Crippen molar-refractivity contribution in [1.82, 2.24) is 0 Å². The second kappa shape index (κ2) is 4.97. The molecule has 0 saturated heterocycles. The molecule has 0 radical (unpaired) electrons. The van der Waals surface area contributed by atoms with Gasteiger partial charge in [0.2, 0.25) is 0 Å². The number of carbonyl (C=O) groups is 1. The Morgan fingerprint density at radius 1 is 1.50 bits per heavy atom. The third-order valence-electron chi connectivity index (χ3n) is 1.44. The van der Waals surface area contributed by atoms with E-state index in [0.717, 1.165) is 3.57 Å². The first-order chi connectivity index (χ1) is 6.54. The number of carbonyl (C=O) groups excluding carboxylic acids is 1. The fourth-order valence-corrected chi connectivity index (χ4v) is 2.48. The van der Waals surface area contributed by atoms with Crippen LogP contribution in [0.25, 0.3) is 0 Å². The van der Waals surface area contributed by atoms with E-state index in [-0.39, 0.29) is 5.97 Å². The molecule has 76 valence electrons. The Kier molecular flexibility index (Phi) is 4.18. The largest absolute Gasteiger partial charge is 0.493 e. The number of esters is 1. The maximum atomic E-state index is 10.8. The smallest absolute Gasteiger partial charge is 0.308 e. The molecule has 0 amide bonds. The van der Waals surface area contributed by atoms with Crippen molar-refractivity contribution in [2.45, 2.75) is 6.92 Å². The summed E-state index contributed by atoms with van der Waals surface area (Å²) in [6.07, 6.45) is 0. The third kappa shape index (κ3) is 2.84. The molecule has 0 heterocycles. The number of halogens is 2. The van der Waals surface area contributed by atoms with E-state index in [1.165, 1.54) is 14.0 Å². The Balaban J connectivity index is 3.18. The SMILES string of the molecule is COc1cc(I)cc(Br)c1OC(C)=O. The Labute approximate surface area is 104 Å². The third-order valence-corrected chi connectivity index (χ3v) is 2.65. The molecule has 0 fully saturated rings. The summed E-state index contributed by atoms with van der Waals surface area (Å²) in [6, 6.07) is 3.64. The number of methoxy groups -OCH3 is 1. The van der Waals surface area contributed by atoms with Crippen LogP contribution < -0.4 is 9.47 Å². The molecule has 1 aromatic carbocycles. The normalized spacial score (nSPS) is 9.71. The van der Waals surface area contributed by atoms with E-state index in [1.807, 2.05) is 6.07 Å². The van der Waals surface area contributed by atoms with E-state index in [9.17, 15) is 4.79 Å². The van der Waals surface area contributed by atoms with E-state index in [0.29, 0.717) is 16.0 Å². The van der Waals surface area contributed by atoms with Crippen molar-refractivity contribution in [1.29, 1.82) is 0 Å². The molecule has 3 nitrogen and oxygen atoms in total. The Morgan fingerprint density at radius 3 is 2.64 bits per heavy atom. The van der Waals surface area contributed by atoms with Crippen LogP contribution in [0.5, 0.6) is 11.5 Å². The lowest BCUT2D eigenvalue weighted by molar-refractivity contribution is -0.132. The van der Waals surface area contributed by atoms with Crippen LogP contribution in [0.3, 0.4) is 0 Å². The highest BCUT2D eigenvalue weighted by molar-refractivity contribution is 14.1. The minimum absolute atomic E-state index is 0.370. The lowest BCUT2D eigenvalue weighted by atomic mass is 10.3. The van der Waals surface area contributed by atoms with Crippen molar-refractivity contribution in [3.8, 4) is 11.5 Å². The lowest BCUT2D eigenvalue weighted by Gasteiger charge is -2.10. The molecule has 0 spiro atoms. The van der Waals surface area contributed by atoms with Gasteiger partial charge in [0.05, 0.1) is 11.6 Å². The predicted octanol–water partition coefficient (Wildman–Crippen LogP) is 2.99. The van der Waals surface area contributed by atoms with Gasteiger partial charge in [0.25, 0.3) is 0 Å². The first-order valence-electron chi connectivity index (χ1n) is 3.76. The van der Waals surface area contributed by atoms with Crippen LogP contribution in [-0.2, 0) is 4.79 Å². The van der Waals surface area contributed by atoms with Gasteiger partial charge in [-0.2, -0.15) is 0 Å². The first kappa shape index (κ1) is 11.8. The molecule has 5 heteroatoms. The molecular weight excluding hydrogens is 363 g/mol. The highest BCUT2D eigenvalue weighted by Crippen LogP contribution is 2.36. The zero-order chi connectivity index (χ0) is 10.7. The number of benzene rings is 1. The summed E-state index contributed by atoms with van der Waals surface area (Å²) in [5.74, 6) is 0.588. The molecule has 14 heavy (non-hydrogen) atoms. The Bertz CT molecular complexity index is 365. The van der Waals surface area contributed by atoms with Crippen LogP contribution in [-0.4, -0.2) is 13.1 Å². The highest BCUT2D eigenvalue weighted by atomic mass is 127. The summed E-state index contributed by atoms with van der Waals surface area (Å²) in [6.45, 7) is 1.35. The summed E-state index contributed by atoms with van der Waals surface area (Å²) < 4.78 is 11.8. The minimum atomic E-state index is -0.370. The van der Waals surface area contributed by atoms with Crippen molar-refractivity contribution in [3.05, 3.63) is 20.2 Å². The van der Waals surface area contributed by atoms with Gasteiger partial charge >= 0.3 is 5.97 Å². The molecule has 0 bridgehead atoms. The summed E-state index contributed by atoms with van der Waals surface area (Å²) in [7, 11) is 1.53. The number of rotatable bonds is 2. The van der Waals surface area contributed by atoms with Gasteiger partial charge in [-0.15, -0.1) is 0 Å². The fourth-order valence-electron chi connectivity index (χ4n) is 0.931. The van der Waals surface area contributed by atoms with E-state index < -0.39 is 0 Å². The number of ether oxygens (including phenoxy) is 2. The highest BCUT2D eigenvalue weighted by Gasteiger charge is 2.12. The molecular formula is C9H8BrIO3. The molecule has 0 atom stereocenters. The fraction of sp³-hybridized carbons (Fsp3) is 0.222. The van der Waals surface area contributed by atoms with Gasteiger partial charge in [-0.3, -0.25) is 4.79 Å². The minimum Gasteiger partial charge on any atom is -0.493 e. The van der Waals surface area contributed by atoms with Crippen LogP contribution in [0.2, 0.25) is 0 Å². The van der Waals surface area contributed by atoms with E-state index in [2.05, 4.69) is 38.5 Å². The second-order valence-corrected chi connectivity index (χ2v) is 4.61. The maximum absolute atomic E-state index is 10.8. The van der Waals surface area contributed by atoms with Gasteiger partial charge < -0.3 is 9.47 Å². The Morgan fingerprint density at radius 2 is 2.14 bits per heavy atom. The van der Waals surface area contributed by atoms with Crippen molar-refractivity contribution in [2.75, 3.05) is 7.11 Å². The van der Waals surface area contributed by atoms with Gasteiger partial charge in [0.15, 0.2) is 11.5 Å². The quantitative estimate of drug-likeness (QED) is 0.456. The number of hydrogen-bond acceptors (Lipinski definition) is 3. The summed E-state index contributed by atoms with van der Waals surface area (Å²) >= 11 is 5.46. The van der Waals surface area contributed by atoms with Crippen LogP contribution in [0.15, 0.2) is 16.6 Å². The summed E-state index contributed by atoms with van der Waals surface area (Å²) in [4.78, 5) is 10.8. The molecule has 1 aromatic rings. The molecule has 0 aliphatic rings. The maximum Gasteiger partial charge on any atom is 0.308 e. The van der Waals surface area contributed by atoms with E-state index >= 15 is 0 Å². The van der Waals surface area contributed by atoms with Crippen molar-refractivity contribution < 1.29 is 14.3 Å². The average molecular weight is 371 g/mol. The molecule has 0 aliphatic carbocycles. The monoisotopic (exact) mass is 370 g/mol. The zero-order valence-electron chi connectivity index (χ0n) is 7.64. The molecule has 0 N–H and O–H groups in total. The molecule has 0 saturated carbocycles. The van der Waals surface area contributed by atoms with Crippen molar-refractivity contribution in [2.24, 2.45) is 0 Å². The molecule has 0 aromatic heterocycles. The van der Waals surface area contributed by atoms with Crippen molar-refractivity contribution in [3.63, 3.8) is 0 Å². The van der Waals surface area contributed by atoms with Gasteiger partial charge in [0.1, 0.15) is 0 Å². The van der Waals surface area contributed by atoms with Crippen LogP contribution >= 0.6 is 38.5 Å². The predicted molar refractivity (Wildman–Crippen MR) is 64.7 cm³/mol. The first-order valence-corrected chi connectivity index (χ1v) is 5.63. The van der Waals surface area contributed by atoms with Gasteiger partial charge in [-0.1, -0.05) is 0 Å². The molecule has 1 rings (SSSR count). The van der Waals surface area contributed by atoms with Crippen LogP contribution in [0, 0.1) is 3.57 Å².